The van der Waals surface area contributed by atoms with Crippen LogP contribution in [0.15, 0.2) is 36.7 Å². The number of nitrogens with zero attached hydrogens (tertiary/aromatic N) is 2. The van der Waals surface area contributed by atoms with Gasteiger partial charge in [0.25, 0.3) is 0 Å². The SMILES string of the molecule is COc1cc(-c2cnc3cc(OCC4(N)COC4)ccn23)cc(OC(F)F)c1C(=O)CC1CC1. The summed E-state index contributed by atoms with van der Waals surface area (Å²) >= 11 is 0. The van der Waals surface area contributed by atoms with Crippen molar-refractivity contribution in [3.8, 4) is 28.5 Å². The van der Waals surface area contributed by atoms with Gasteiger partial charge in [-0.25, -0.2) is 4.98 Å². The predicted octanol–water partition coefficient (Wildman–Crippen LogP) is 3.70. The van der Waals surface area contributed by atoms with Crippen LogP contribution in [0.25, 0.3) is 16.9 Å². The maximum atomic E-state index is 13.2. The highest BCUT2D eigenvalue weighted by atomic mass is 19.3. The van der Waals surface area contributed by atoms with E-state index in [1.807, 2.05) is 0 Å². The van der Waals surface area contributed by atoms with Crippen molar-refractivity contribution in [1.82, 2.24) is 9.38 Å². The lowest BCUT2D eigenvalue weighted by atomic mass is 10.00. The molecule has 180 valence electrons. The molecular weight excluding hydrogens is 448 g/mol. The Morgan fingerprint density at radius 2 is 2.06 bits per heavy atom. The van der Waals surface area contributed by atoms with Crippen LogP contribution in [0.5, 0.6) is 17.2 Å². The van der Waals surface area contributed by atoms with Crippen LogP contribution in [0.2, 0.25) is 0 Å². The highest BCUT2D eigenvalue weighted by molar-refractivity contribution is 6.02. The lowest BCUT2D eigenvalue weighted by Crippen LogP contribution is -2.61. The fraction of sp³-hybridized carbons (Fsp3) is 0.417. The first kappa shape index (κ1) is 22.5. The van der Waals surface area contributed by atoms with Crippen molar-refractivity contribution < 1.29 is 32.5 Å². The van der Waals surface area contributed by atoms with Crippen LogP contribution >= 0.6 is 0 Å². The first-order valence-corrected chi connectivity index (χ1v) is 11.0. The molecule has 1 aliphatic heterocycles. The van der Waals surface area contributed by atoms with E-state index in [1.165, 1.54) is 13.2 Å². The van der Waals surface area contributed by atoms with Gasteiger partial charge in [0.15, 0.2) is 5.78 Å². The van der Waals surface area contributed by atoms with Gasteiger partial charge < -0.3 is 24.7 Å². The maximum absolute atomic E-state index is 13.2. The minimum absolute atomic E-state index is 0.0404. The molecular formula is C24H25F2N3O5. The molecule has 8 nitrogen and oxygen atoms in total. The molecule has 5 rings (SSSR count). The zero-order valence-corrected chi connectivity index (χ0v) is 18.6. The molecule has 1 aromatic carbocycles. The van der Waals surface area contributed by atoms with E-state index in [2.05, 4.69) is 4.98 Å². The number of pyridine rings is 1. The normalized spacial score (nSPS) is 17.0. The largest absolute Gasteiger partial charge is 0.496 e. The lowest BCUT2D eigenvalue weighted by molar-refractivity contribution is -0.0722. The Labute approximate surface area is 194 Å². The number of rotatable bonds is 10. The molecule has 1 saturated carbocycles. The summed E-state index contributed by atoms with van der Waals surface area (Å²) in [5.41, 5.74) is 7.39. The Hall–Kier alpha value is -3.24. The van der Waals surface area contributed by atoms with Crippen LogP contribution in [-0.2, 0) is 4.74 Å². The zero-order valence-electron chi connectivity index (χ0n) is 18.6. The molecule has 1 aliphatic carbocycles. The number of carbonyl (C=O) groups excluding carboxylic acids is 1. The van der Waals surface area contributed by atoms with Crippen LogP contribution in [0.3, 0.4) is 0 Å². The van der Waals surface area contributed by atoms with Crippen LogP contribution in [-0.4, -0.2) is 54.2 Å². The van der Waals surface area contributed by atoms with Crippen molar-refractivity contribution in [2.45, 2.75) is 31.4 Å². The second-order valence-corrected chi connectivity index (χ2v) is 8.88. The fourth-order valence-corrected chi connectivity index (χ4v) is 3.99. The number of ketones is 1. The quantitative estimate of drug-likeness (QED) is 0.449. The predicted molar refractivity (Wildman–Crippen MR) is 119 cm³/mol. The third-order valence-electron chi connectivity index (χ3n) is 6.04. The summed E-state index contributed by atoms with van der Waals surface area (Å²) in [6.07, 6.45) is 5.58. The number of halogens is 2. The molecule has 0 radical (unpaired) electrons. The van der Waals surface area contributed by atoms with Gasteiger partial charge >= 0.3 is 6.61 Å². The average Bonchev–Trinajstić information content (AvgIpc) is 3.50. The molecule has 2 fully saturated rings. The van der Waals surface area contributed by atoms with Gasteiger partial charge in [-0.15, -0.1) is 0 Å². The lowest BCUT2D eigenvalue weighted by Gasteiger charge is -2.37. The van der Waals surface area contributed by atoms with Gasteiger partial charge in [-0.3, -0.25) is 9.20 Å². The van der Waals surface area contributed by atoms with Gasteiger partial charge in [0, 0.05) is 24.2 Å². The first-order valence-electron chi connectivity index (χ1n) is 11.0. The topological polar surface area (TPSA) is 97.3 Å². The molecule has 34 heavy (non-hydrogen) atoms. The maximum Gasteiger partial charge on any atom is 0.387 e. The molecule has 0 unspecified atom stereocenters. The molecule has 3 aromatic rings. The minimum Gasteiger partial charge on any atom is -0.496 e. The standard InChI is InChI=1S/C24H25F2N3O5/c1-31-19-7-15(8-20(34-23(25)26)22(19)18(30)6-14-2-3-14)17-10-28-21-9-16(4-5-29(17)21)33-13-24(27)11-32-12-24/h4-5,7-10,14,23H,2-3,6,11-13,27H2,1H3. The smallest absolute Gasteiger partial charge is 0.387 e. The molecule has 0 spiro atoms. The Morgan fingerprint density at radius 1 is 1.29 bits per heavy atom. The van der Waals surface area contributed by atoms with Crippen LogP contribution in [0.4, 0.5) is 8.78 Å². The number of Topliss-reactive ketones (excluding diaryl/α,β-unsaturated/α-hetero) is 1. The van der Waals surface area contributed by atoms with E-state index in [-0.39, 0.29) is 35.2 Å². The Balaban J connectivity index is 1.48. The summed E-state index contributed by atoms with van der Waals surface area (Å²) in [4.78, 5) is 17.2. The molecule has 2 aromatic heterocycles. The van der Waals surface area contributed by atoms with Gasteiger partial charge in [-0.05, 0) is 37.0 Å². The molecule has 1 saturated heterocycles. The van der Waals surface area contributed by atoms with E-state index in [0.717, 1.165) is 12.8 Å². The summed E-state index contributed by atoms with van der Waals surface area (Å²) in [6, 6.07) is 6.59. The number of hydrogen-bond acceptors (Lipinski definition) is 7. The molecule has 0 amide bonds. The van der Waals surface area contributed by atoms with Gasteiger partial charge in [0.05, 0.1) is 37.8 Å². The Kier molecular flexibility index (Phi) is 5.86. The fourth-order valence-electron chi connectivity index (χ4n) is 3.99. The van der Waals surface area contributed by atoms with Gasteiger partial charge in [0.1, 0.15) is 35.1 Å². The van der Waals surface area contributed by atoms with E-state index in [0.29, 0.717) is 42.5 Å². The second-order valence-electron chi connectivity index (χ2n) is 8.88. The number of carbonyl (C=O) groups is 1. The van der Waals surface area contributed by atoms with E-state index in [4.69, 9.17) is 24.7 Å². The van der Waals surface area contributed by atoms with Gasteiger partial charge in [-0.2, -0.15) is 8.78 Å². The van der Waals surface area contributed by atoms with E-state index >= 15 is 0 Å². The van der Waals surface area contributed by atoms with Gasteiger partial charge in [-0.1, -0.05) is 0 Å². The van der Waals surface area contributed by atoms with Crippen molar-refractivity contribution in [2.24, 2.45) is 11.7 Å². The number of imidazole rings is 1. The Morgan fingerprint density at radius 3 is 2.71 bits per heavy atom. The number of aromatic nitrogens is 2. The molecule has 0 bridgehead atoms. The average molecular weight is 473 g/mol. The Bertz CT molecular complexity index is 1220. The number of hydrogen-bond donors (Lipinski definition) is 1. The molecule has 10 heteroatoms. The van der Waals surface area contributed by atoms with Crippen LogP contribution in [0, 0.1) is 5.92 Å². The third kappa shape index (κ3) is 4.55. The number of alkyl halides is 2. The highest BCUT2D eigenvalue weighted by Gasteiger charge is 2.35. The van der Waals surface area contributed by atoms with Crippen molar-refractivity contribution >= 4 is 11.4 Å². The number of fused-ring (bicyclic) bond motifs is 1. The summed E-state index contributed by atoms with van der Waals surface area (Å²) in [5.74, 6) is 0.598. The van der Waals surface area contributed by atoms with E-state index in [1.54, 1.807) is 35.0 Å². The van der Waals surface area contributed by atoms with Crippen molar-refractivity contribution in [2.75, 3.05) is 26.9 Å². The van der Waals surface area contributed by atoms with E-state index < -0.39 is 12.2 Å². The summed E-state index contributed by atoms with van der Waals surface area (Å²) < 4.78 is 49.3. The number of methoxy groups -OCH3 is 1. The van der Waals surface area contributed by atoms with Crippen LogP contribution in [0.1, 0.15) is 29.6 Å². The second kappa shape index (κ2) is 8.84. The number of ether oxygens (including phenoxy) is 4. The molecule has 3 heterocycles. The third-order valence-corrected chi connectivity index (χ3v) is 6.04. The highest BCUT2D eigenvalue weighted by Crippen LogP contribution is 2.40. The molecule has 0 atom stereocenters. The monoisotopic (exact) mass is 473 g/mol. The number of benzene rings is 1. The number of nitrogens with two attached hydrogens (primary N) is 1. The summed E-state index contributed by atoms with van der Waals surface area (Å²) in [6.45, 7) is -1.86. The van der Waals surface area contributed by atoms with Gasteiger partial charge in [0.2, 0.25) is 0 Å². The van der Waals surface area contributed by atoms with Crippen LogP contribution < -0.4 is 19.9 Å². The molecule has 2 N–H and O–H groups in total. The van der Waals surface area contributed by atoms with Crippen molar-refractivity contribution in [3.05, 3.63) is 42.2 Å². The van der Waals surface area contributed by atoms with Crippen molar-refractivity contribution in [3.63, 3.8) is 0 Å². The van der Waals surface area contributed by atoms with Crippen molar-refractivity contribution in [1.29, 1.82) is 0 Å². The molecule has 2 aliphatic rings. The van der Waals surface area contributed by atoms with E-state index in [9.17, 15) is 13.6 Å². The minimum atomic E-state index is -3.08. The summed E-state index contributed by atoms with van der Waals surface area (Å²) in [7, 11) is 1.40. The first-order chi connectivity index (χ1) is 16.3. The summed E-state index contributed by atoms with van der Waals surface area (Å²) in [5, 5.41) is 0. The zero-order chi connectivity index (χ0) is 23.9.